The summed E-state index contributed by atoms with van der Waals surface area (Å²) in [5.74, 6) is 2.54. The van der Waals surface area contributed by atoms with E-state index in [9.17, 15) is 4.79 Å². The number of aliphatic carboxylic acids is 1. The molecule has 0 aromatic rings. The van der Waals surface area contributed by atoms with Crippen LogP contribution >= 0.6 is 0 Å². The molecule has 6 nitrogen and oxygen atoms in total. The minimum atomic E-state index is -0.955. The van der Waals surface area contributed by atoms with Gasteiger partial charge in [0.15, 0.2) is 0 Å². The molecule has 0 saturated heterocycles. The van der Waals surface area contributed by atoms with E-state index in [1.165, 1.54) is 0 Å². The first kappa shape index (κ1) is 12.9. The Morgan fingerprint density at radius 3 is 2.18 bits per heavy atom. The average molecular weight is 165 g/mol. The molecule has 1 atom stereocenters. The molecule has 0 heterocycles. The monoisotopic (exact) mass is 165 g/mol. The zero-order valence-electron chi connectivity index (χ0n) is 6.23. The summed E-state index contributed by atoms with van der Waals surface area (Å²) in [5.41, 5.74) is 10.3. The number of carbonyl (C=O) groups is 1. The summed E-state index contributed by atoms with van der Waals surface area (Å²) in [7, 11) is 0. The lowest BCUT2D eigenvalue weighted by atomic mass is 10.2. The van der Waals surface area contributed by atoms with Gasteiger partial charge in [0.25, 0.3) is 0 Å². The molecule has 11 heavy (non-hydrogen) atoms. The van der Waals surface area contributed by atoms with Crippen molar-refractivity contribution in [1.82, 2.24) is 0 Å². The van der Waals surface area contributed by atoms with Crippen molar-refractivity contribution in [2.75, 3.05) is 6.54 Å². The fraction of sp³-hybridized carbons (Fsp3) is 0.800. The van der Waals surface area contributed by atoms with Gasteiger partial charge in [-0.15, -0.1) is 0 Å². The molecule has 6 heteroatoms. The normalized spacial score (nSPS) is 11.3. The van der Waals surface area contributed by atoms with Gasteiger partial charge in [-0.25, -0.2) is 5.90 Å². The van der Waals surface area contributed by atoms with Crippen LogP contribution in [0, 0.1) is 0 Å². The van der Waals surface area contributed by atoms with E-state index in [0.29, 0.717) is 19.4 Å². The quantitative estimate of drug-likeness (QED) is 0.321. The Labute approximate surface area is 64.9 Å². The topological polar surface area (TPSA) is 136 Å². The van der Waals surface area contributed by atoms with Gasteiger partial charge in [0.1, 0.15) is 6.04 Å². The summed E-state index contributed by atoms with van der Waals surface area (Å²) in [5, 5.41) is 14.7. The molecule has 0 amide bonds. The van der Waals surface area contributed by atoms with Crippen LogP contribution < -0.4 is 17.4 Å². The Bertz CT molecular complexity index is 99.0. The van der Waals surface area contributed by atoms with Crippen molar-refractivity contribution >= 4 is 5.97 Å². The number of carboxylic acids is 1. The third-order valence-electron chi connectivity index (χ3n) is 1.04. The van der Waals surface area contributed by atoms with Gasteiger partial charge in [-0.3, -0.25) is 4.79 Å². The first-order chi connectivity index (χ1) is 5.18. The fourth-order valence-electron chi connectivity index (χ4n) is 0.461. The molecule has 0 bridgehead atoms. The second-order valence-corrected chi connectivity index (χ2v) is 1.88. The van der Waals surface area contributed by atoms with Crippen molar-refractivity contribution in [3.8, 4) is 0 Å². The van der Waals surface area contributed by atoms with Crippen molar-refractivity contribution in [3.63, 3.8) is 0 Å². The summed E-state index contributed by atoms with van der Waals surface area (Å²) in [6.07, 6.45) is 1.14. The summed E-state index contributed by atoms with van der Waals surface area (Å²) < 4.78 is 0. The summed E-state index contributed by atoms with van der Waals surface area (Å²) >= 11 is 0. The SMILES string of the molecule is NCCC[C@H](N)C(=O)O.NO. The average Bonchev–Trinajstić information content (AvgIpc) is 2.03. The van der Waals surface area contributed by atoms with E-state index < -0.39 is 12.0 Å². The van der Waals surface area contributed by atoms with E-state index >= 15 is 0 Å². The molecule has 0 aliphatic rings. The van der Waals surface area contributed by atoms with Gasteiger partial charge in [0.05, 0.1) is 0 Å². The predicted octanol–water partition coefficient (Wildman–Crippen LogP) is -1.53. The Balaban J connectivity index is 0. The molecule has 0 aliphatic carbocycles. The maximum atomic E-state index is 10.0. The third-order valence-corrected chi connectivity index (χ3v) is 1.04. The largest absolute Gasteiger partial charge is 0.480 e. The molecule has 0 aliphatic heterocycles. The highest BCUT2D eigenvalue weighted by atomic mass is 16.4. The molecule has 0 fully saturated rings. The first-order valence-corrected chi connectivity index (χ1v) is 3.12. The van der Waals surface area contributed by atoms with Crippen LogP contribution in [0.5, 0.6) is 0 Å². The number of rotatable bonds is 4. The second kappa shape index (κ2) is 9.31. The molecule has 0 radical (unpaired) electrons. The molecule has 68 valence electrons. The second-order valence-electron chi connectivity index (χ2n) is 1.88. The lowest BCUT2D eigenvalue weighted by Crippen LogP contribution is -2.30. The maximum absolute atomic E-state index is 10.0. The minimum absolute atomic E-state index is 0.464. The summed E-state index contributed by atoms with van der Waals surface area (Å²) in [4.78, 5) is 10.0. The molecule has 8 N–H and O–H groups in total. The van der Waals surface area contributed by atoms with E-state index in [1.54, 1.807) is 0 Å². The van der Waals surface area contributed by atoms with Crippen LogP contribution in [0.3, 0.4) is 0 Å². The van der Waals surface area contributed by atoms with Gasteiger partial charge in [0, 0.05) is 0 Å². The van der Waals surface area contributed by atoms with Crippen molar-refractivity contribution in [3.05, 3.63) is 0 Å². The van der Waals surface area contributed by atoms with Crippen LogP contribution in [0.25, 0.3) is 0 Å². The van der Waals surface area contributed by atoms with Crippen molar-refractivity contribution in [2.45, 2.75) is 18.9 Å². The van der Waals surface area contributed by atoms with E-state index in [4.69, 9.17) is 21.8 Å². The highest BCUT2D eigenvalue weighted by Gasteiger charge is 2.08. The van der Waals surface area contributed by atoms with Gasteiger partial charge >= 0.3 is 5.97 Å². The smallest absolute Gasteiger partial charge is 0.320 e. The standard InChI is InChI=1S/C5H12N2O2.H3NO/c6-3-1-2-4(7)5(8)9;1-2/h4H,1-3,6-7H2,(H,8,9);2H,1H2/t4-;/m0./s1. The molecular weight excluding hydrogens is 150 g/mol. The zero-order valence-corrected chi connectivity index (χ0v) is 6.23. The minimum Gasteiger partial charge on any atom is -0.480 e. The zero-order chi connectivity index (χ0) is 9.28. The molecule has 0 aromatic carbocycles. The van der Waals surface area contributed by atoms with Gasteiger partial charge in [-0.05, 0) is 19.4 Å². The number of nitrogens with two attached hydrogens (primary N) is 3. The van der Waals surface area contributed by atoms with Crippen LogP contribution in [0.2, 0.25) is 0 Å². The van der Waals surface area contributed by atoms with Crippen LogP contribution in [-0.2, 0) is 4.79 Å². The lowest BCUT2D eigenvalue weighted by Gasteiger charge is -2.02. The van der Waals surface area contributed by atoms with Crippen molar-refractivity contribution < 1.29 is 15.1 Å². The van der Waals surface area contributed by atoms with Crippen LogP contribution in [0.1, 0.15) is 12.8 Å². The molecule has 0 spiro atoms. The van der Waals surface area contributed by atoms with Crippen molar-refractivity contribution in [1.29, 1.82) is 0 Å². The first-order valence-electron chi connectivity index (χ1n) is 3.12. The number of hydrogen-bond acceptors (Lipinski definition) is 5. The molecule has 0 aromatic heterocycles. The third kappa shape index (κ3) is 9.31. The molecule has 0 unspecified atom stereocenters. The number of hydrogen-bond donors (Lipinski definition) is 5. The Morgan fingerprint density at radius 2 is 1.91 bits per heavy atom. The Morgan fingerprint density at radius 1 is 1.45 bits per heavy atom. The summed E-state index contributed by atoms with van der Waals surface area (Å²) in [6, 6.07) is -0.742. The van der Waals surface area contributed by atoms with Gasteiger partial charge < -0.3 is 21.8 Å². The summed E-state index contributed by atoms with van der Waals surface area (Å²) in [6.45, 7) is 0.501. The van der Waals surface area contributed by atoms with Gasteiger partial charge in [-0.2, -0.15) is 0 Å². The Kier molecular flexibility index (Phi) is 11.0. The van der Waals surface area contributed by atoms with Crippen LogP contribution in [0.4, 0.5) is 0 Å². The Hall–Kier alpha value is -0.690. The van der Waals surface area contributed by atoms with E-state index in [0.717, 1.165) is 0 Å². The van der Waals surface area contributed by atoms with E-state index in [-0.39, 0.29) is 0 Å². The van der Waals surface area contributed by atoms with Crippen LogP contribution in [-0.4, -0.2) is 28.9 Å². The predicted molar refractivity (Wildman–Crippen MR) is 39.9 cm³/mol. The van der Waals surface area contributed by atoms with Crippen LogP contribution in [0.15, 0.2) is 0 Å². The molecular formula is C5H15N3O3. The molecule has 0 saturated carbocycles. The highest BCUT2D eigenvalue weighted by Crippen LogP contribution is 1.91. The van der Waals surface area contributed by atoms with Gasteiger partial charge in [0.2, 0.25) is 0 Å². The van der Waals surface area contributed by atoms with Crippen molar-refractivity contribution in [2.24, 2.45) is 17.4 Å². The van der Waals surface area contributed by atoms with E-state index in [2.05, 4.69) is 5.90 Å². The fourth-order valence-corrected chi connectivity index (χ4v) is 0.461. The lowest BCUT2D eigenvalue weighted by molar-refractivity contribution is -0.138. The maximum Gasteiger partial charge on any atom is 0.320 e. The van der Waals surface area contributed by atoms with Gasteiger partial charge in [-0.1, -0.05) is 0 Å². The molecule has 0 rings (SSSR count). The number of carboxylic acid groups (broad SMARTS) is 1. The highest BCUT2D eigenvalue weighted by molar-refractivity contribution is 5.72. The van der Waals surface area contributed by atoms with E-state index in [1.807, 2.05) is 0 Å².